The lowest BCUT2D eigenvalue weighted by Gasteiger charge is -2.19. The van der Waals surface area contributed by atoms with E-state index in [2.05, 4.69) is 4.72 Å². The molecule has 0 aliphatic carbocycles. The van der Waals surface area contributed by atoms with Crippen molar-refractivity contribution in [3.63, 3.8) is 0 Å². The molecule has 0 atom stereocenters. The van der Waals surface area contributed by atoms with Crippen molar-refractivity contribution < 1.29 is 22.7 Å². The largest absolute Gasteiger partial charge is 0.460 e. The first-order chi connectivity index (χ1) is 12.5. The van der Waals surface area contributed by atoms with Crippen LogP contribution in [0.2, 0.25) is 0 Å². The van der Waals surface area contributed by atoms with E-state index < -0.39 is 33.8 Å². The zero-order valence-electron chi connectivity index (χ0n) is 15.8. The van der Waals surface area contributed by atoms with Gasteiger partial charge < -0.3 is 4.74 Å². The highest BCUT2D eigenvalue weighted by Gasteiger charge is 2.23. The fraction of sp³-hybridized carbons (Fsp3) is 0.300. The molecule has 2 aromatic carbocycles. The normalized spacial score (nSPS) is 11.7. The van der Waals surface area contributed by atoms with Gasteiger partial charge in [0.2, 0.25) is 0 Å². The molecule has 0 bridgehead atoms. The van der Waals surface area contributed by atoms with E-state index in [9.17, 15) is 18.0 Å². The number of aryl methyl sites for hydroxylation is 1. The molecular formula is C20H23NO5S. The Kier molecular flexibility index (Phi) is 6.05. The smallest absolute Gasteiger partial charge is 0.314 e. The van der Waals surface area contributed by atoms with Crippen LogP contribution >= 0.6 is 0 Å². The van der Waals surface area contributed by atoms with Gasteiger partial charge in [-0.2, -0.15) is 0 Å². The van der Waals surface area contributed by atoms with Crippen molar-refractivity contribution in [2.75, 3.05) is 4.72 Å². The van der Waals surface area contributed by atoms with Crippen LogP contribution in [0.5, 0.6) is 0 Å². The first kappa shape index (κ1) is 20.6. The van der Waals surface area contributed by atoms with Gasteiger partial charge in [-0.25, -0.2) is 8.42 Å². The Morgan fingerprint density at radius 1 is 1.00 bits per heavy atom. The summed E-state index contributed by atoms with van der Waals surface area (Å²) in [5, 5.41) is 0. The SMILES string of the molecule is Cc1ccc(S(=O)(=O)Nc2ccccc2C(=O)CC(=O)OC(C)(C)C)cc1. The third-order valence-corrected chi connectivity index (χ3v) is 4.91. The summed E-state index contributed by atoms with van der Waals surface area (Å²) in [6, 6.07) is 12.5. The van der Waals surface area contributed by atoms with Crippen LogP contribution in [0.3, 0.4) is 0 Å². The minimum absolute atomic E-state index is 0.0856. The van der Waals surface area contributed by atoms with E-state index >= 15 is 0 Å². The number of hydrogen-bond acceptors (Lipinski definition) is 5. The van der Waals surface area contributed by atoms with E-state index in [1.807, 2.05) is 6.92 Å². The van der Waals surface area contributed by atoms with E-state index in [0.29, 0.717) is 0 Å². The van der Waals surface area contributed by atoms with Crippen LogP contribution in [0, 0.1) is 6.92 Å². The zero-order chi connectivity index (χ0) is 20.2. The van der Waals surface area contributed by atoms with E-state index in [1.165, 1.54) is 24.3 Å². The summed E-state index contributed by atoms with van der Waals surface area (Å²) in [5.74, 6) is -1.19. The van der Waals surface area contributed by atoms with Crippen LogP contribution in [-0.4, -0.2) is 25.8 Å². The van der Waals surface area contributed by atoms with E-state index in [-0.39, 0.29) is 16.1 Å². The number of hydrogen-bond donors (Lipinski definition) is 1. The maximum Gasteiger partial charge on any atom is 0.314 e. The fourth-order valence-corrected chi connectivity index (χ4v) is 3.42. The third kappa shape index (κ3) is 5.92. The molecule has 0 aliphatic heterocycles. The van der Waals surface area contributed by atoms with Crippen LogP contribution < -0.4 is 4.72 Å². The van der Waals surface area contributed by atoms with Crippen molar-refractivity contribution in [3.05, 3.63) is 59.7 Å². The number of sulfonamides is 1. The third-order valence-electron chi connectivity index (χ3n) is 3.53. The summed E-state index contributed by atoms with van der Waals surface area (Å²) in [6.45, 7) is 6.98. The van der Waals surface area contributed by atoms with Gasteiger partial charge in [0, 0.05) is 5.56 Å². The van der Waals surface area contributed by atoms with Gasteiger partial charge in [-0.15, -0.1) is 0 Å². The topological polar surface area (TPSA) is 89.5 Å². The Balaban J connectivity index is 2.23. The zero-order valence-corrected chi connectivity index (χ0v) is 16.6. The summed E-state index contributed by atoms with van der Waals surface area (Å²) < 4.78 is 32.7. The number of rotatable bonds is 6. The minimum atomic E-state index is -3.86. The van der Waals surface area contributed by atoms with E-state index in [4.69, 9.17) is 4.74 Å². The quantitative estimate of drug-likeness (QED) is 0.462. The Morgan fingerprint density at radius 3 is 2.19 bits per heavy atom. The van der Waals surface area contributed by atoms with Crippen molar-refractivity contribution in [1.29, 1.82) is 0 Å². The molecule has 0 saturated heterocycles. The maximum absolute atomic E-state index is 12.6. The van der Waals surface area contributed by atoms with Crippen LogP contribution in [0.4, 0.5) is 5.69 Å². The summed E-state index contributed by atoms with van der Waals surface area (Å²) in [5.41, 5.74) is 0.455. The first-order valence-corrected chi connectivity index (χ1v) is 9.90. The highest BCUT2D eigenvalue weighted by molar-refractivity contribution is 7.92. The lowest BCUT2D eigenvalue weighted by atomic mass is 10.1. The van der Waals surface area contributed by atoms with Gasteiger partial charge in [-0.05, 0) is 52.0 Å². The predicted octanol–water partition coefficient (Wildman–Crippen LogP) is 3.71. The number of para-hydroxylation sites is 1. The summed E-state index contributed by atoms with van der Waals surface area (Å²) in [6.07, 6.45) is -0.472. The van der Waals surface area contributed by atoms with Gasteiger partial charge >= 0.3 is 5.97 Å². The summed E-state index contributed by atoms with van der Waals surface area (Å²) in [4.78, 5) is 24.5. The van der Waals surface area contributed by atoms with Gasteiger partial charge in [0.15, 0.2) is 5.78 Å². The number of Topliss-reactive ketones (excluding diaryl/α,β-unsaturated/α-hetero) is 1. The molecule has 0 radical (unpaired) electrons. The van der Waals surface area contributed by atoms with Gasteiger partial charge in [-0.3, -0.25) is 14.3 Å². The lowest BCUT2D eigenvalue weighted by molar-refractivity contribution is -0.153. The monoisotopic (exact) mass is 389 g/mol. The van der Waals surface area contributed by atoms with E-state index in [1.54, 1.807) is 45.0 Å². The second kappa shape index (κ2) is 7.92. The molecular weight excluding hydrogens is 366 g/mol. The molecule has 0 unspecified atom stereocenters. The molecule has 0 aromatic heterocycles. The van der Waals surface area contributed by atoms with E-state index in [0.717, 1.165) is 5.56 Å². The summed E-state index contributed by atoms with van der Waals surface area (Å²) >= 11 is 0. The van der Waals surface area contributed by atoms with Crippen molar-refractivity contribution in [1.82, 2.24) is 0 Å². The van der Waals surface area contributed by atoms with Crippen LogP contribution in [0.25, 0.3) is 0 Å². The Bertz CT molecular complexity index is 941. The van der Waals surface area contributed by atoms with Gasteiger partial charge in [-0.1, -0.05) is 29.8 Å². The molecule has 7 heteroatoms. The van der Waals surface area contributed by atoms with Crippen molar-refractivity contribution in [2.24, 2.45) is 0 Å². The average molecular weight is 389 g/mol. The number of ether oxygens (including phenoxy) is 1. The van der Waals surface area contributed by atoms with Gasteiger partial charge in [0.1, 0.15) is 12.0 Å². The number of benzene rings is 2. The molecule has 2 aromatic rings. The highest BCUT2D eigenvalue weighted by Crippen LogP contribution is 2.22. The molecule has 0 fully saturated rings. The molecule has 6 nitrogen and oxygen atoms in total. The summed E-state index contributed by atoms with van der Waals surface area (Å²) in [7, 11) is -3.86. The molecule has 144 valence electrons. The molecule has 1 N–H and O–H groups in total. The number of carbonyl (C=O) groups excluding carboxylic acids is 2. The number of ketones is 1. The average Bonchev–Trinajstić information content (AvgIpc) is 2.53. The maximum atomic E-state index is 12.6. The van der Waals surface area contributed by atoms with Crippen molar-refractivity contribution >= 4 is 27.5 Å². The predicted molar refractivity (Wildman–Crippen MR) is 103 cm³/mol. The fourth-order valence-electron chi connectivity index (χ4n) is 2.34. The highest BCUT2D eigenvalue weighted by atomic mass is 32.2. The number of esters is 1. The van der Waals surface area contributed by atoms with Crippen molar-refractivity contribution in [2.45, 2.75) is 44.6 Å². The van der Waals surface area contributed by atoms with Crippen molar-refractivity contribution in [3.8, 4) is 0 Å². The van der Waals surface area contributed by atoms with Gasteiger partial charge in [0.05, 0.1) is 10.6 Å². The Labute approximate surface area is 159 Å². The molecule has 0 saturated carbocycles. The minimum Gasteiger partial charge on any atom is -0.460 e. The van der Waals surface area contributed by atoms with Crippen LogP contribution in [0.15, 0.2) is 53.4 Å². The second-order valence-corrected chi connectivity index (χ2v) is 8.83. The molecule has 27 heavy (non-hydrogen) atoms. The molecule has 0 spiro atoms. The molecule has 0 heterocycles. The molecule has 0 aliphatic rings. The Hall–Kier alpha value is -2.67. The molecule has 0 amide bonds. The number of anilines is 1. The van der Waals surface area contributed by atoms with Crippen LogP contribution in [-0.2, 0) is 19.6 Å². The first-order valence-electron chi connectivity index (χ1n) is 8.41. The van der Waals surface area contributed by atoms with Gasteiger partial charge in [0.25, 0.3) is 10.0 Å². The molecule has 2 rings (SSSR count). The second-order valence-electron chi connectivity index (χ2n) is 7.15. The van der Waals surface area contributed by atoms with Crippen LogP contribution in [0.1, 0.15) is 43.1 Å². The standard InChI is InChI=1S/C20H23NO5S/c1-14-9-11-15(12-10-14)27(24,25)21-17-8-6-5-7-16(17)18(22)13-19(23)26-20(2,3)4/h5-12,21H,13H2,1-4H3. The Morgan fingerprint density at radius 2 is 1.59 bits per heavy atom. The number of carbonyl (C=O) groups is 2. The lowest BCUT2D eigenvalue weighted by Crippen LogP contribution is -2.25. The number of nitrogens with one attached hydrogen (secondary N) is 1.